The molecular formula is C14H14ClFN2O2S. The van der Waals surface area contributed by atoms with Gasteiger partial charge in [-0.05, 0) is 42.8 Å². The van der Waals surface area contributed by atoms with Crippen molar-refractivity contribution in [3.8, 4) is 0 Å². The zero-order chi connectivity index (χ0) is 15.6. The third-order valence-electron chi connectivity index (χ3n) is 2.93. The summed E-state index contributed by atoms with van der Waals surface area (Å²) in [5.41, 5.74) is 6.87. The van der Waals surface area contributed by atoms with E-state index in [9.17, 15) is 12.8 Å². The first-order valence-corrected chi connectivity index (χ1v) is 7.98. The lowest BCUT2D eigenvalue weighted by Crippen LogP contribution is -2.27. The molecule has 2 aromatic rings. The summed E-state index contributed by atoms with van der Waals surface area (Å²) in [6.45, 7) is 1.65. The van der Waals surface area contributed by atoms with E-state index in [-0.39, 0.29) is 5.02 Å². The molecule has 112 valence electrons. The molecule has 0 heterocycles. The smallest absolute Gasteiger partial charge is 0.244 e. The van der Waals surface area contributed by atoms with Gasteiger partial charge in [-0.3, -0.25) is 0 Å². The second-order valence-corrected chi connectivity index (χ2v) is 6.71. The van der Waals surface area contributed by atoms with Crippen LogP contribution < -0.4 is 10.5 Å². The first kappa shape index (κ1) is 15.8. The summed E-state index contributed by atoms with van der Waals surface area (Å²) in [4.78, 5) is -0.442. The summed E-state index contributed by atoms with van der Waals surface area (Å²) in [7, 11) is -3.99. The van der Waals surface area contributed by atoms with E-state index in [0.717, 1.165) is 12.1 Å². The Kier molecular flexibility index (Phi) is 4.51. The summed E-state index contributed by atoms with van der Waals surface area (Å²) >= 11 is 5.62. The lowest BCUT2D eigenvalue weighted by Gasteiger charge is -2.15. The Morgan fingerprint density at radius 3 is 2.57 bits per heavy atom. The second-order valence-electron chi connectivity index (χ2n) is 4.59. The Morgan fingerprint density at radius 1 is 1.24 bits per heavy atom. The molecule has 1 unspecified atom stereocenters. The van der Waals surface area contributed by atoms with E-state index >= 15 is 0 Å². The first-order chi connectivity index (χ1) is 9.79. The molecule has 2 rings (SSSR count). The highest BCUT2D eigenvalue weighted by atomic mass is 35.5. The van der Waals surface area contributed by atoms with Gasteiger partial charge in [-0.15, -0.1) is 0 Å². The average Bonchev–Trinajstić information content (AvgIpc) is 2.37. The topological polar surface area (TPSA) is 72.2 Å². The zero-order valence-corrected chi connectivity index (χ0v) is 12.7. The number of nitrogen functional groups attached to an aromatic ring is 1. The number of halogens is 2. The Hall–Kier alpha value is -1.63. The van der Waals surface area contributed by atoms with Gasteiger partial charge in [-0.1, -0.05) is 23.7 Å². The maximum absolute atomic E-state index is 13.7. The van der Waals surface area contributed by atoms with Crippen molar-refractivity contribution in [1.29, 1.82) is 0 Å². The van der Waals surface area contributed by atoms with E-state index < -0.39 is 26.8 Å². The Morgan fingerprint density at radius 2 is 1.95 bits per heavy atom. The molecule has 3 N–H and O–H groups in total. The predicted octanol–water partition coefficient (Wildman–Crippen LogP) is 3.10. The molecule has 0 bridgehead atoms. The molecule has 4 nitrogen and oxygen atoms in total. The summed E-state index contributed by atoms with van der Waals surface area (Å²) in [5.74, 6) is -0.894. The van der Waals surface area contributed by atoms with Gasteiger partial charge >= 0.3 is 0 Å². The maximum atomic E-state index is 13.7. The van der Waals surface area contributed by atoms with Crippen LogP contribution in [0, 0.1) is 5.82 Å². The Bertz CT molecular complexity index is 765. The highest BCUT2D eigenvalue weighted by Gasteiger charge is 2.22. The van der Waals surface area contributed by atoms with Crippen LogP contribution in [-0.4, -0.2) is 8.42 Å². The van der Waals surface area contributed by atoms with Crippen molar-refractivity contribution in [3.63, 3.8) is 0 Å². The highest BCUT2D eigenvalue weighted by Crippen LogP contribution is 2.22. The molecule has 0 aliphatic rings. The third-order valence-corrected chi connectivity index (χ3v) is 4.74. The quantitative estimate of drug-likeness (QED) is 0.847. The van der Waals surface area contributed by atoms with E-state index in [1.807, 2.05) is 0 Å². The number of sulfonamides is 1. The van der Waals surface area contributed by atoms with Crippen LogP contribution in [0.25, 0.3) is 0 Å². The van der Waals surface area contributed by atoms with Gasteiger partial charge in [0, 0.05) is 16.8 Å². The van der Waals surface area contributed by atoms with Crippen molar-refractivity contribution in [1.82, 2.24) is 4.72 Å². The van der Waals surface area contributed by atoms with E-state index in [2.05, 4.69) is 4.72 Å². The van der Waals surface area contributed by atoms with Gasteiger partial charge in [0.05, 0.1) is 0 Å². The molecule has 0 spiro atoms. The molecule has 1 atom stereocenters. The second kappa shape index (κ2) is 6.01. The van der Waals surface area contributed by atoms with Crippen LogP contribution in [0.1, 0.15) is 18.5 Å². The molecule has 0 aromatic heterocycles. The van der Waals surface area contributed by atoms with Crippen molar-refractivity contribution in [2.75, 3.05) is 5.73 Å². The average molecular weight is 329 g/mol. The van der Waals surface area contributed by atoms with E-state index in [4.69, 9.17) is 17.3 Å². The van der Waals surface area contributed by atoms with Crippen molar-refractivity contribution in [3.05, 3.63) is 58.9 Å². The monoisotopic (exact) mass is 328 g/mol. The number of benzene rings is 2. The van der Waals surface area contributed by atoms with Crippen LogP contribution in [-0.2, 0) is 10.0 Å². The van der Waals surface area contributed by atoms with Crippen LogP contribution >= 0.6 is 11.6 Å². The molecule has 0 radical (unpaired) electrons. The maximum Gasteiger partial charge on any atom is 0.244 e. The van der Waals surface area contributed by atoms with Crippen molar-refractivity contribution in [2.24, 2.45) is 0 Å². The number of hydrogen-bond donors (Lipinski definition) is 2. The fraction of sp³-hybridized carbons (Fsp3) is 0.143. The van der Waals surface area contributed by atoms with Gasteiger partial charge in [0.1, 0.15) is 10.7 Å². The summed E-state index contributed by atoms with van der Waals surface area (Å²) in [6, 6.07) is 9.68. The lowest BCUT2D eigenvalue weighted by molar-refractivity contribution is 0.547. The van der Waals surface area contributed by atoms with Crippen LogP contribution in [0.2, 0.25) is 5.02 Å². The summed E-state index contributed by atoms with van der Waals surface area (Å²) < 4.78 is 40.6. The SMILES string of the molecule is CC(NS(=O)(=O)c1ccc(Cl)cc1F)c1cccc(N)c1. The molecule has 0 aliphatic carbocycles. The van der Waals surface area contributed by atoms with Gasteiger partial charge in [0.2, 0.25) is 10.0 Å². The fourth-order valence-corrected chi connectivity index (χ4v) is 3.34. The zero-order valence-electron chi connectivity index (χ0n) is 11.2. The predicted molar refractivity (Wildman–Crippen MR) is 81.0 cm³/mol. The minimum absolute atomic E-state index is 0.135. The third kappa shape index (κ3) is 3.72. The van der Waals surface area contributed by atoms with E-state index in [1.54, 1.807) is 31.2 Å². The van der Waals surface area contributed by atoms with Gasteiger partial charge in [-0.25, -0.2) is 17.5 Å². The number of rotatable bonds is 4. The first-order valence-electron chi connectivity index (χ1n) is 6.12. The highest BCUT2D eigenvalue weighted by molar-refractivity contribution is 7.89. The van der Waals surface area contributed by atoms with Crippen LogP contribution in [0.5, 0.6) is 0 Å². The molecule has 2 aromatic carbocycles. The van der Waals surface area contributed by atoms with Gasteiger partial charge in [-0.2, -0.15) is 0 Å². The van der Waals surface area contributed by atoms with Crippen LogP contribution in [0.3, 0.4) is 0 Å². The van der Waals surface area contributed by atoms with Crippen LogP contribution in [0.15, 0.2) is 47.4 Å². The standard InChI is InChI=1S/C14H14ClFN2O2S/c1-9(10-3-2-4-12(17)7-10)18-21(19,20)14-6-5-11(15)8-13(14)16/h2-9,18H,17H2,1H3. The number of nitrogens with one attached hydrogen (secondary N) is 1. The molecule has 7 heteroatoms. The van der Waals surface area contributed by atoms with Crippen molar-refractivity contribution >= 4 is 27.3 Å². The normalized spacial score (nSPS) is 13.1. The Labute approximate surface area is 127 Å². The van der Waals surface area contributed by atoms with Crippen molar-refractivity contribution in [2.45, 2.75) is 17.9 Å². The van der Waals surface area contributed by atoms with E-state index in [0.29, 0.717) is 11.3 Å². The molecule has 0 saturated heterocycles. The molecule has 21 heavy (non-hydrogen) atoms. The Balaban J connectivity index is 2.29. The fourth-order valence-electron chi connectivity index (χ4n) is 1.89. The summed E-state index contributed by atoms with van der Waals surface area (Å²) in [6.07, 6.45) is 0. The van der Waals surface area contributed by atoms with Gasteiger partial charge in [0.25, 0.3) is 0 Å². The van der Waals surface area contributed by atoms with Gasteiger partial charge in [0.15, 0.2) is 0 Å². The largest absolute Gasteiger partial charge is 0.399 e. The molecule has 0 aliphatic heterocycles. The number of anilines is 1. The van der Waals surface area contributed by atoms with Crippen LogP contribution in [0.4, 0.5) is 10.1 Å². The molecule has 0 amide bonds. The molecular weight excluding hydrogens is 315 g/mol. The minimum Gasteiger partial charge on any atom is -0.399 e. The van der Waals surface area contributed by atoms with Crippen molar-refractivity contribution < 1.29 is 12.8 Å². The summed E-state index contributed by atoms with van der Waals surface area (Å²) in [5, 5.41) is 0.135. The number of nitrogens with two attached hydrogens (primary N) is 1. The van der Waals surface area contributed by atoms with E-state index in [1.165, 1.54) is 6.07 Å². The molecule has 0 fully saturated rings. The number of hydrogen-bond acceptors (Lipinski definition) is 3. The minimum atomic E-state index is -3.99. The molecule has 0 saturated carbocycles. The lowest BCUT2D eigenvalue weighted by atomic mass is 10.1. The van der Waals surface area contributed by atoms with Gasteiger partial charge < -0.3 is 5.73 Å².